The molecular formula is C18H15FN2O4. The number of benzene rings is 1. The van der Waals surface area contributed by atoms with Gasteiger partial charge in [-0.25, -0.2) is 14.2 Å². The van der Waals surface area contributed by atoms with Crippen LogP contribution in [0.25, 0.3) is 22.7 Å². The Labute approximate surface area is 142 Å². The second-order valence-corrected chi connectivity index (χ2v) is 5.27. The summed E-state index contributed by atoms with van der Waals surface area (Å²) in [5.41, 5.74) is -0.166. The quantitative estimate of drug-likeness (QED) is 0.681. The second kappa shape index (κ2) is 6.72. The molecule has 0 radical (unpaired) electrons. The normalized spacial score (nSPS) is 10.7. The number of aromatic nitrogens is 2. The van der Waals surface area contributed by atoms with E-state index < -0.39 is 17.2 Å². The highest BCUT2D eigenvalue weighted by Gasteiger charge is 2.24. The fraction of sp³-hybridized carbons (Fsp3) is 0.167. The van der Waals surface area contributed by atoms with Crippen molar-refractivity contribution < 1.29 is 18.3 Å². The molecule has 0 spiro atoms. The summed E-state index contributed by atoms with van der Waals surface area (Å²) < 4.78 is 25.3. The van der Waals surface area contributed by atoms with Crippen molar-refractivity contribution in [3.8, 4) is 22.7 Å². The first kappa shape index (κ1) is 16.6. The maximum absolute atomic E-state index is 13.2. The molecule has 0 atom stereocenters. The summed E-state index contributed by atoms with van der Waals surface area (Å²) in [6.07, 6.45) is 4.26. The van der Waals surface area contributed by atoms with Crippen LogP contribution in [0.15, 0.2) is 52.1 Å². The maximum Gasteiger partial charge on any atom is 0.345 e. The third-order valence-electron chi connectivity index (χ3n) is 3.64. The van der Waals surface area contributed by atoms with Crippen molar-refractivity contribution in [3.63, 3.8) is 0 Å². The Morgan fingerprint density at radius 2 is 2.04 bits per heavy atom. The third-order valence-corrected chi connectivity index (χ3v) is 3.64. The van der Waals surface area contributed by atoms with Gasteiger partial charge in [0.05, 0.1) is 6.61 Å². The van der Waals surface area contributed by atoms with Crippen LogP contribution in [0.5, 0.6) is 0 Å². The molecule has 0 aliphatic heterocycles. The predicted octanol–water partition coefficient (Wildman–Crippen LogP) is 3.02. The fourth-order valence-corrected chi connectivity index (χ4v) is 2.44. The Morgan fingerprint density at radius 3 is 2.64 bits per heavy atom. The first-order chi connectivity index (χ1) is 12.0. The van der Waals surface area contributed by atoms with E-state index in [9.17, 15) is 14.0 Å². The van der Waals surface area contributed by atoms with Gasteiger partial charge in [-0.15, -0.1) is 0 Å². The largest absolute Gasteiger partial charge is 0.462 e. The number of rotatable bonds is 4. The second-order valence-electron chi connectivity index (χ2n) is 5.27. The van der Waals surface area contributed by atoms with E-state index in [1.54, 1.807) is 24.7 Å². The maximum atomic E-state index is 13.2. The van der Waals surface area contributed by atoms with Crippen LogP contribution in [0.1, 0.15) is 17.3 Å². The standard InChI is InChI=1S/C18H15FN2O4/c1-3-24-18(23)13-10-25-16(11-4-6-12(19)7-5-11)14(15(13)22)17-20-8-9-21(17)2/h4-10H,3H2,1-2H3. The van der Waals surface area contributed by atoms with Crippen molar-refractivity contribution in [1.82, 2.24) is 9.55 Å². The van der Waals surface area contributed by atoms with Gasteiger partial charge < -0.3 is 13.7 Å². The molecule has 0 amide bonds. The molecule has 0 fully saturated rings. The number of aryl methyl sites for hydroxylation is 1. The van der Waals surface area contributed by atoms with Crippen molar-refractivity contribution in [1.29, 1.82) is 0 Å². The van der Waals surface area contributed by atoms with Crippen molar-refractivity contribution in [2.24, 2.45) is 7.05 Å². The number of carbonyl (C=O) groups excluding carboxylic acids is 1. The highest BCUT2D eigenvalue weighted by Crippen LogP contribution is 2.29. The number of hydrogen-bond donors (Lipinski definition) is 0. The van der Waals surface area contributed by atoms with E-state index in [0.717, 1.165) is 6.26 Å². The lowest BCUT2D eigenvalue weighted by molar-refractivity contribution is 0.0522. The Kier molecular flexibility index (Phi) is 4.47. The minimum atomic E-state index is -0.766. The SMILES string of the molecule is CCOC(=O)c1coc(-c2ccc(F)cc2)c(-c2nccn2C)c1=O. The molecule has 6 nitrogen and oxygen atoms in total. The highest BCUT2D eigenvalue weighted by molar-refractivity contribution is 5.91. The number of ether oxygens (including phenoxy) is 1. The van der Waals surface area contributed by atoms with Crippen molar-refractivity contribution in [2.45, 2.75) is 6.92 Å². The molecule has 0 N–H and O–H groups in total. The summed E-state index contributed by atoms with van der Waals surface area (Å²) in [5.74, 6) is -0.642. The molecule has 0 aliphatic rings. The molecule has 2 aromatic heterocycles. The number of esters is 1. The number of halogens is 1. The molecular weight excluding hydrogens is 327 g/mol. The van der Waals surface area contributed by atoms with Gasteiger partial charge in [0.25, 0.3) is 0 Å². The molecule has 0 bridgehead atoms. The Hall–Kier alpha value is -3.22. The summed E-state index contributed by atoms with van der Waals surface area (Å²) in [6, 6.07) is 5.50. The van der Waals surface area contributed by atoms with Crippen LogP contribution in [0.2, 0.25) is 0 Å². The van der Waals surface area contributed by atoms with Crippen LogP contribution < -0.4 is 5.43 Å². The number of hydrogen-bond acceptors (Lipinski definition) is 5. The van der Waals surface area contributed by atoms with E-state index in [0.29, 0.717) is 11.4 Å². The van der Waals surface area contributed by atoms with E-state index in [1.807, 2.05) is 0 Å². The predicted molar refractivity (Wildman–Crippen MR) is 88.5 cm³/mol. The third kappa shape index (κ3) is 3.08. The van der Waals surface area contributed by atoms with Gasteiger partial charge in [0, 0.05) is 25.0 Å². The van der Waals surface area contributed by atoms with Crippen LogP contribution in [-0.4, -0.2) is 22.1 Å². The molecule has 2 heterocycles. The summed E-state index contributed by atoms with van der Waals surface area (Å²) in [7, 11) is 1.72. The zero-order chi connectivity index (χ0) is 18.0. The van der Waals surface area contributed by atoms with Gasteiger partial charge in [0.2, 0.25) is 5.43 Å². The fourth-order valence-electron chi connectivity index (χ4n) is 2.44. The van der Waals surface area contributed by atoms with E-state index in [-0.39, 0.29) is 23.5 Å². The molecule has 0 saturated carbocycles. The lowest BCUT2D eigenvalue weighted by atomic mass is 10.0. The summed E-state index contributed by atoms with van der Waals surface area (Å²) in [5, 5.41) is 0. The van der Waals surface area contributed by atoms with Crippen LogP contribution in [0.4, 0.5) is 4.39 Å². The monoisotopic (exact) mass is 342 g/mol. The smallest absolute Gasteiger partial charge is 0.345 e. The Balaban J connectivity index is 2.27. The van der Waals surface area contributed by atoms with Crippen LogP contribution >= 0.6 is 0 Å². The molecule has 0 aliphatic carbocycles. The Bertz CT molecular complexity index is 973. The minimum Gasteiger partial charge on any atom is -0.462 e. The van der Waals surface area contributed by atoms with Gasteiger partial charge in [0.1, 0.15) is 34.8 Å². The van der Waals surface area contributed by atoms with Crippen LogP contribution in [0.3, 0.4) is 0 Å². The van der Waals surface area contributed by atoms with Gasteiger partial charge in [-0.3, -0.25) is 4.79 Å². The van der Waals surface area contributed by atoms with Gasteiger partial charge >= 0.3 is 5.97 Å². The van der Waals surface area contributed by atoms with E-state index in [4.69, 9.17) is 9.15 Å². The molecule has 0 saturated heterocycles. The van der Waals surface area contributed by atoms with Crippen molar-refractivity contribution >= 4 is 5.97 Å². The minimum absolute atomic E-state index is 0.115. The number of carbonyl (C=O) groups is 1. The summed E-state index contributed by atoms with van der Waals surface area (Å²) >= 11 is 0. The average molecular weight is 342 g/mol. The van der Waals surface area contributed by atoms with E-state index >= 15 is 0 Å². The lowest BCUT2D eigenvalue weighted by Gasteiger charge is -2.10. The first-order valence-electron chi connectivity index (χ1n) is 7.59. The average Bonchev–Trinajstić information content (AvgIpc) is 3.01. The van der Waals surface area contributed by atoms with E-state index in [1.165, 1.54) is 30.5 Å². The molecule has 0 unspecified atom stereocenters. The lowest BCUT2D eigenvalue weighted by Crippen LogP contribution is -2.20. The summed E-state index contributed by atoms with van der Waals surface area (Å²) in [6.45, 7) is 1.78. The highest BCUT2D eigenvalue weighted by atomic mass is 19.1. The molecule has 25 heavy (non-hydrogen) atoms. The molecule has 3 rings (SSSR count). The molecule has 3 aromatic rings. The topological polar surface area (TPSA) is 74.3 Å². The number of nitrogens with zero attached hydrogens (tertiary/aromatic N) is 2. The van der Waals surface area contributed by atoms with Crippen LogP contribution in [-0.2, 0) is 11.8 Å². The van der Waals surface area contributed by atoms with Crippen molar-refractivity contribution in [3.05, 3.63) is 64.5 Å². The van der Waals surface area contributed by atoms with Crippen molar-refractivity contribution in [2.75, 3.05) is 6.61 Å². The van der Waals surface area contributed by atoms with Gasteiger partial charge in [-0.05, 0) is 31.2 Å². The van der Waals surface area contributed by atoms with Crippen LogP contribution in [0, 0.1) is 5.82 Å². The summed E-state index contributed by atoms with van der Waals surface area (Å²) in [4.78, 5) is 29.1. The number of imidazole rings is 1. The molecule has 7 heteroatoms. The van der Waals surface area contributed by atoms with E-state index in [2.05, 4.69) is 4.98 Å². The Morgan fingerprint density at radius 1 is 1.32 bits per heavy atom. The first-order valence-corrected chi connectivity index (χ1v) is 7.59. The zero-order valence-corrected chi connectivity index (χ0v) is 13.7. The van der Waals surface area contributed by atoms with Gasteiger partial charge in [0.15, 0.2) is 0 Å². The zero-order valence-electron chi connectivity index (χ0n) is 13.7. The van der Waals surface area contributed by atoms with Gasteiger partial charge in [-0.1, -0.05) is 0 Å². The molecule has 1 aromatic carbocycles. The molecule has 128 valence electrons. The van der Waals surface area contributed by atoms with Gasteiger partial charge in [-0.2, -0.15) is 0 Å².